The second kappa shape index (κ2) is 10.3. The van der Waals surface area contributed by atoms with Crippen LogP contribution >= 0.6 is 0 Å². The highest BCUT2D eigenvalue weighted by atomic mass is 16.3. The summed E-state index contributed by atoms with van der Waals surface area (Å²) in [5.74, 6) is 0.582. The van der Waals surface area contributed by atoms with Gasteiger partial charge >= 0.3 is 6.03 Å². The molecule has 1 atom stereocenters. The van der Waals surface area contributed by atoms with Crippen molar-refractivity contribution in [3.8, 4) is 0 Å². The Bertz CT molecular complexity index is 473. The smallest absolute Gasteiger partial charge is 0.314 e. The number of nitrogens with one attached hydrogen (secondary N) is 2. The van der Waals surface area contributed by atoms with Crippen molar-refractivity contribution in [3.05, 3.63) is 35.9 Å². The average molecular weight is 333 g/mol. The lowest BCUT2D eigenvalue weighted by molar-refractivity contribution is 0.166. The zero-order valence-electron chi connectivity index (χ0n) is 14.7. The van der Waals surface area contributed by atoms with Crippen LogP contribution in [0.2, 0.25) is 0 Å². The van der Waals surface area contributed by atoms with E-state index in [-0.39, 0.29) is 6.03 Å². The van der Waals surface area contributed by atoms with E-state index in [9.17, 15) is 9.90 Å². The molecule has 0 saturated carbocycles. The van der Waals surface area contributed by atoms with Crippen molar-refractivity contribution in [1.29, 1.82) is 0 Å². The molecule has 1 fully saturated rings. The van der Waals surface area contributed by atoms with Crippen LogP contribution in [0.1, 0.15) is 44.3 Å². The lowest BCUT2D eigenvalue weighted by Gasteiger charge is -2.31. The molecular weight excluding hydrogens is 302 g/mol. The standard InChI is InChI=1S/C19H31N3O2/c1-2-12-22-13-9-16(10-14-22)15-21-19(24)20-11-8-18(23)17-6-4-3-5-7-17/h3-7,16,18,23H,2,8-15H2,1H3,(H2,20,21,24). The molecule has 0 bridgehead atoms. The van der Waals surface area contributed by atoms with E-state index in [4.69, 9.17) is 0 Å². The molecule has 1 unspecified atom stereocenters. The van der Waals surface area contributed by atoms with Crippen LogP contribution in [0.25, 0.3) is 0 Å². The molecule has 1 aromatic carbocycles. The fourth-order valence-electron chi connectivity index (χ4n) is 3.19. The zero-order valence-corrected chi connectivity index (χ0v) is 14.7. The Morgan fingerprint density at radius 1 is 1.25 bits per heavy atom. The summed E-state index contributed by atoms with van der Waals surface area (Å²) in [6.07, 6.45) is 3.52. The van der Waals surface area contributed by atoms with E-state index in [1.54, 1.807) is 0 Å². The summed E-state index contributed by atoms with van der Waals surface area (Å²) < 4.78 is 0. The van der Waals surface area contributed by atoms with Gasteiger partial charge < -0.3 is 20.6 Å². The second-order valence-electron chi connectivity index (χ2n) is 6.64. The largest absolute Gasteiger partial charge is 0.388 e. The summed E-state index contributed by atoms with van der Waals surface area (Å²) in [5.41, 5.74) is 0.888. The molecule has 1 heterocycles. The van der Waals surface area contributed by atoms with Gasteiger partial charge in [-0.25, -0.2) is 4.79 Å². The number of carbonyl (C=O) groups is 1. The molecule has 5 nitrogen and oxygen atoms in total. The summed E-state index contributed by atoms with van der Waals surface area (Å²) in [7, 11) is 0. The monoisotopic (exact) mass is 333 g/mol. The normalized spacial score (nSPS) is 17.4. The van der Waals surface area contributed by atoms with Crippen molar-refractivity contribution in [3.63, 3.8) is 0 Å². The molecule has 2 amide bonds. The molecule has 1 aliphatic heterocycles. The van der Waals surface area contributed by atoms with Gasteiger partial charge in [0, 0.05) is 13.1 Å². The highest BCUT2D eigenvalue weighted by Gasteiger charge is 2.18. The van der Waals surface area contributed by atoms with E-state index in [2.05, 4.69) is 22.5 Å². The number of carbonyl (C=O) groups excluding carboxylic acids is 1. The first-order valence-electron chi connectivity index (χ1n) is 9.16. The molecule has 3 N–H and O–H groups in total. The van der Waals surface area contributed by atoms with Crippen LogP contribution < -0.4 is 10.6 Å². The average Bonchev–Trinajstić information content (AvgIpc) is 2.62. The van der Waals surface area contributed by atoms with Gasteiger partial charge in [-0.1, -0.05) is 37.3 Å². The van der Waals surface area contributed by atoms with Gasteiger partial charge in [0.25, 0.3) is 0 Å². The van der Waals surface area contributed by atoms with Gasteiger partial charge in [-0.3, -0.25) is 0 Å². The van der Waals surface area contributed by atoms with Gasteiger partial charge in [-0.15, -0.1) is 0 Å². The van der Waals surface area contributed by atoms with E-state index in [0.29, 0.717) is 18.9 Å². The summed E-state index contributed by atoms with van der Waals surface area (Å²) in [6, 6.07) is 9.40. The number of aliphatic hydroxyl groups is 1. The summed E-state index contributed by atoms with van der Waals surface area (Å²) >= 11 is 0. The minimum absolute atomic E-state index is 0.133. The van der Waals surface area contributed by atoms with Crippen molar-refractivity contribution in [1.82, 2.24) is 15.5 Å². The van der Waals surface area contributed by atoms with Crippen molar-refractivity contribution >= 4 is 6.03 Å². The SMILES string of the molecule is CCCN1CCC(CNC(=O)NCCC(O)c2ccccc2)CC1. The molecule has 24 heavy (non-hydrogen) atoms. The number of rotatable bonds is 8. The summed E-state index contributed by atoms with van der Waals surface area (Å²) in [4.78, 5) is 14.4. The molecule has 5 heteroatoms. The third-order valence-electron chi connectivity index (χ3n) is 4.69. The summed E-state index contributed by atoms with van der Waals surface area (Å²) in [6.45, 7) is 6.90. The number of hydrogen-bond acceptors (Lipinski definition) is 3. The first kappa shape index (κ1) is 18.7. The molecule has 1 saturated heterocycles. The Hall–Kier alpha value is -1.59. The van der Waals surface area contributed by atoms with E-state index < -0.39 is 6.10 Å². The first-order valence-corrected chi connectivity index (χ1v) is 9.16. The third kappa shape index (κ3) is 6.49. The Balaban J connectivity index is 1.56. The van der Waals surface area contributed by atoms with Crippen LogP contribution in [0.3, 0.4) is 0 Å². The highest BCUT2D eigenvalue weighted by Crippen LogP contribution is 2.16. The number of nitrogens with zero attached hydrogens (tertiary/aromatic N) is 1. The Morgan fingerprint density at radius 2 is 1.96 bits per heavy atom. The van der Waals surface area contributed by atoms with Gasteiger partial charge in [-0.05, 0) is 56.8 Å². The van der Waals surface area contributed by atoms with Gasteiger partial charge in [0.2, 0.25) is 0 Å². The number of aliphatic hydroxyl groups excluding tert-OH is 1. The topological polar surface area (TPSA) is 64.6 Å². The minimum atomic E-state index is -0.533. The quantitative estimate of drug-likeness (QED) is 0.685. The van der Waals surface area contributed by atoms with E-state index in [1.165, 1.54) is 13.0 Å². The molecule has 0 aliphatic carbocycles. The molecular formula is C19H31N3O2. The molecule has 0 spiro atoms. The molecule has 134 valence electrons. The number of urea groups is 1. The van der Waals surface area contributed by atoms with Crippen LogP contribution in [0.4, 0.5) is 4.79 Å². The summed E-state index contributed by atoms with van der Waals surface area (Å²) in [5, 5.41) is 15.9. The molecule has 0 aromatic heterocycles. The maximum atomic E-state index is 11.9. The number of piperidine rings is 1. The third-order valence-corrected chi connectivity index (χ3v) is 4.69. The maximum absolute atomic E-state index is 11.9. The highest BCUT2D eigenvalue weighted by molar-refractivity contribution is 5.73. The van der Waals surface area contributed by atoms with Crippen LogP contribution in [0, 0.1) is 5.92 Å². The zero-order chi connectivity index (χ0) is 17.2. The van der Waals surface area contributed by atoms with Gasteiger partial charge in [0.1, 0.15) is 0 Å². The van der Waals surface area contributed by atoms with Crippen molar-refractivity contribution in [2.24, 2.45) is 5.92 Å². The van der Waals surface area contributed by atoms with E-state index >= 15 is 0 Å². The van der Waals surface area contributed by atoms with E-state index in [1.807, 2.05) is 30.3 Å². The van der Waals surface area contributed by atoms with Crippen molar-refractivity contribution < 1.29 is 9.90 Å². The van der Waals surface area contributed by atoms with Crippen molar-refractivity contribution in [2.75, 3.05) is 32.7 Å². The molecule has 2 rings (SSSR count). The van der Waals surface area contributed by atoms with Gasteiger partial charge in [0.15, 0.2) is 0 Å². The van der Waals surface area contributed by atoms with Crippen LogP contribution in [0.15, 0.2) is 30.3 Å². The first-order chi connectivity index (χ1) is 11.7. The Labute approximate surface area is 145 Å². The van der Waals surface area contributed by atoms with Crippen LogP contribution in [0.5, 0.6) is 0 Å². The second-order valence-corrected chi connectivity index (χ2v) is 6.64. The number of benzene rings is 1. The molecule has 1 aromatic rings. The maximum Gasteiger partial charge on any atom is 0.314 e. The predicted molar refractivity (Wildman–Crippen MR) is 96.9 cm³/mol. The van der Waals surface area contributed by atoms with Gasteiger partial charge in [0.05, 0.1) is 6.10 Å². The number of amides is 2. The predicted octanol–water partition coefficient (Wildman–Crippen LogP) is 2.53. The fraction of sp³-hybridized carbons (Fsp3) is 0.632. The lowest BCUT2D eigenvalue weighted by Crippen LogP contribution is -2.42. The molecule has 1 aliphatic rings. The van der Waals surface area contributed by atoms with Gasteiger partial charge in [-0.2, -0.15) is 0 Å². The molecule has 0 radical (unpaired) electrons. The number of hydrogen-bond donors (Lipinski definition) is 3. The Morgan fingerprint density at radius 3 is 2.62 bits per heavy atom. The lowest BCUT2D eigenvalue weighted by atomic mass is 9.97. The van der Waals surface area contributed by atoms with E-state index in [0.717, 1.165) is 38.0 Å². The fourth-order valence-corrected chi connectivity index (χ4v) is 3.19. The van der Waals surface area contributed by atoms with Crippen LogP contribution in [-0.2, 0) is 0 Å². The Kier molecular flexibility index (Phi) is 8.05. The minimum Gasteiger partial charge on any atom is -0.388 e. The van der Waals surface area contributed by atoms with Crippen molar-refractivity contribution in [2.45, 2.75) is 38.7 Å². The number of likely N-dealkylation sites (tertiary alicyclic amines) is 1. The van der Waals surface area contributed by atoms with Crippen LogP contribution in [-0.4, -0.2) is 48.8 Å².